The fourth-order valence-corrected chi connectivity index (χ4v) is 10.0. The van der Waals surface area contributed by atoms with Crippen LogP contribution in [0.25, 0.3) is 32.3 Å². The van der Waals surface area contributed by atoms with Gasteiger partial charge in [-0.2, -0.15) is 0 Å². The summed E-state index contributed by atoms with van der Waals surface area (Å²) in [5.74, 6) is -1.52. The van der Waals surface area contributed by atoms with E-state index in [0.717, 1.165) is 6.07 Å². The van der Waals surface area contributed by atoms with Crippen molar-refractivity contribution in [2.45, 2.75) is 33.9 Å². The topological polar surface area (TPSA) is 236 Å². The molecule has 230 valence electrons. The van der Waals surface area contributed by atoms with Crippen molar-refractivity contribution in [3.05, 3.63) is 36.4 Å². The van der Waals surface area contributed by atoms with Gasteiger partial charge in [-0.15, -0.1) is 0 Å². The van der Waals surface area contributed by atoms with Crippen LogP contribution >= 0.6 is 7.82 Å². The van der Waals surface area contributed by atoms with Crippen molar-refractivity contribution in [2.75, 3.05) is 42.8 Å². The lowest BCUT2D eigenvalue weighted by Gasteiger charge is -2.20. The summed E-state index contributed by atoms with van der Waals surface area (Å²) < 4.78 is 95.8. The van der Waals surface area contributed by atoms with Gasteiger partial charge in [-0.25, -0.2) is 29.8 Å². The van der Waals surface area contributed by atoms with E-state index in [1.54, 1.807) is 0 Å². The molecule has 4 aromatic carbocycles. The second-order valence-electron chi connectivity index (χ2n) is 9.70. The highest BCUT2D eigenvalue weighted by Crippen LogP contribution is 2.44. The first-order valence-corrected chi connectivity index (χ1v) is 19.2. The molecule has 0 amide bonds. The van der Waals surface area contributed by atoms with Crippen LogP contribution in [0.4, 0.5) is 5.69 Å². The standard InChI is InChI=1S/C25H30NO12PS3/c26-20-14-21(40(32,33)11-1-8-27)17-6-7-19-22(41(34,35)12-2-9-28)15-23(18-5-4-16(20)24(17)25(18)19)42(36,37)13-3-10-38-39(29,30)31/h4-7,14-15,27-28H,1-3,8-13,26H2,(H2,29,30,31). The van der Waals surface area contributed by atoms with Gasteiger partial charge in [0.1, 0.15) is 0 Å². The molecule has 0 atom stereocenters. The first-order chi connectivity index (χ1) is 19.5. The molecule has 42 heavy (non-hydrogen) atoms. The zero-order valence-electron chi connectivity index (χ0n) is 22.1. The van der Waals surface area contributed by atoms with Crippen LogP contribution in [0.3, 0.4) is 0 Å². The van der Waals surface area contributed by atoms with Crippen LogP contribution < -0.4 is 5.73 Å². The Balaban J connectivity index is 2.08. The first kappa shape index (κ1) is 32.5. The third-order valence-electron chi connectivity index (χ3n) is 6.78. The van der Waals surface area contributed by atoms with Crippen LogP contribution in [0.5, 0.6) is 0 Å². The van der Waals surface area contributed by atoms with Gasteiger partial charge in [0.15, 0.2) is 29.5 Å². The van der Waals surface area contributed by atoms with Crippen molar-refractivity contribution < 1.29 is 54.3 Å². The zero-order valence-corrected chi connectivity index (χ0v) is 25.5. The molecule has 0 aliphatic heterocycles. The van der Waals surface area contributed by atoms with E-state index in [4.69, 9.17) is 15.5 Å². The van der Waals surface area contributed by atoms with Crippen LogP contribution in [0.1, 0.15) is 19.3 Å². The van der Waals surface area contributed by atoms with Crippen molar-refractivity contribution in [1.29, 1.82) is 0 Å². The van der Waals surface area contributed by atoms with Gasteiger partial charge in [0.2, 0.25) is 0 Å². The molecule has 0 bridgehead atoms. The molecule has 0 fully saturated rings. The van der Waals surface area contributed by atoms with Crippen molar-refractivity contribution in [1.82, 2.24) is 0 Å². The summed E-state index contributed by atoms with van der Waals surface area (Å²) in [7, 11) is -17.3. The van der Waals surface area contributed by atoms with E-state index in [1.165, 1.54) is 30.3 Å². The Hall–Kier alpha value is -2.40. The molecule has 17 heteroatoms. The van der Waals surface area contributed by atoms with E-state index in [0.29, 0.717) is 5.39 Å². The molecule has 0 aliphatic rings. The number of sulfone groups is 3. The van der Waals surface area contributed by atoms with Gasteiger partial charge in [-0.05, 0) is 31.4 Å². The maximum absolute atomic E-state index is 13.6. The highest BCUT2D eigenvalue weighted by atomic mass is 32.2. The van der Waals surface area contributed by atoms with Crippen molar-refractivity contribution in [2.24, 2.45) is 0 Å². The van der Waals surface area contributed by atoms with Gasteiger partial charge in [-0.3, -0.25) is 4.52 Å². The second-order valence-corrected chi connectivity index (χ2v) is 17.2. The molecule has 0 aromatic heterocycles. The normalized spacial score (nSPS) is 13.5. The number of benzene rings is 4. The Morgan fingerprint density at radius 3 is 1.45 bits per heavy atom. The summed E-state index contributed by atoms with van der Waals surface area (Å²) in [6.07, 6.45) is -0.472. The van der Waals surface area contributed by atoms with Crippen molar-refractivity contribution in [3.8, 4) is 0 Å². The maximum atomic E-state index is 13.6. The van der Waals surface area contributed by atoms with Crippen LogP contribution in [0.15, 0.2) is 51.1 Å². The fourth-order valence-electron chi connectivity index (χ4n) is 4.97. The number of anilines is 1. The number of hydrogen-bond acceptors (Lipinski definition) is 11. The van der Waals surface area contributed by atoms with Gasteiger partial charge in [0.25, 0.3) is 0 Å². The van der Waals surface area contributed by atoms with Crippen LogP contribution in [-0.2, 0) is 38.6 Å². The van der Waals surface area contributed by atoms with Gasteiger partial charge >= 0.3 is 7.82 Å². The molecule has 13 nitrogen and oxygen atoms in total. The summed E-state index contributed by atoms with van der Waals surface area (Å²) in [4.78, 5) is 16.9. The lowest BCUT2D eigenvalue weighted by molar-refractivity contribution is 0.197. The molecule has 0 radical (unpaired) electrons. The number of phosphoric acid groups is 1. The summed E-state index contributed by atoms with van der Waals surface area (Å²) in [5.41, 5.74) is 6.33. The minimum atomic E-state index is -4.84. The van der Waals surface area contributed by atoms with Gasteiger partial charge in [0.05, 0.1) is 38.6 Å². The predicted molar refractivity (Wildman–Crippen MR) is 157 cm³/mol. The average Bonchev–Trinajstić information content (AvgIpc) is 2.91. The minimum Gasteiger partial charge on any atom is -0.398 e. The first-order valence-electron chi connectivity index (χ1n) is 12.7. The molecule has 6 N–H and O–H groups in total. The molecule has 0 saturated heterocycles. The molecule has 4 rings (SSSR count). The van der Waals surface area contributed by atoms with E-state index >= 15 is 0 Å². The Morgan fingerprint density at radius 2 is 1.02 bits per heavy atom. The third-order valence-corrected chi connectivity index (χ3v) is 12.8. The minimum absolute atomic E-state index is 0.0361. The molecular weight excluding hydrogens is 633 g/mol. The number of aliphatic hydroxyl groups excluding tert-OH is 2. The number of rotatable bonds is 14. The van der Waals surface area contributed by atoms with Gasteiger partial charge in [0, 0.05) is 51.2 Å². The van der Waals surface area contributed by atoms with Crippen LogP contribution in [0.2, 0.25) is 0 Å². The van der Waals surface area contributed by atoms with Crippen molar-refractivity contribution in [3.63, 3.8) is 0 Å². The third kappa shape index (κ3) is 6.42. The molecule has 0 heterocycles. The second kappa shape index (κ2) is 11.9. The lowest BCUT2D eigenvalue weighted by atomic mass is 9.93. The largest absolute Gasteiger partial charge is 0.469 e. The van der Waals surface area contributed by atoms with E-state index in [2.05, 4.69) is 4.52 Å². The van der Waals surface area contributed by atoms with Gasteiger partial charge < -0.3 is 25.7 Å². The molecule has 0 aliphatic carbocycles. The number of hydrogen-bond donors (Lipinski definition) is 5. The fraction of sp³-hybridized carbons (Fsp3) is 0.360. The molecule has 0 spiro atoms. The number of phosphoric ester groups is 1. The van der Waals surface area contributed by atoms with E-state index in [1.807, 2.05) is 0 Å². The van der Waals surface area contributed by atoms with E-state index in [9.17, 15) is 40.0 Å². The summed E-state index contributed by atoms with van der Waals surface area (Å²) in [5, 5.41) is 19.6. The van der Waals surface area contributed by atoms with Crippen molar-refractivity contribution >= 4 is 75.3 Å². The van der Waals surface area contributed by atoms with Gasteiger partial charge in [-0.1, -0.05) is 24.3 Å². The van der Waals surface area contributed by atoms with Crippen LogP contribution in [-0.4, -0.2) is 82.3 Å². The Bertz CT molecular complexity index is 2020. The number of aliphatic hydroxyl groups is 2. The van der Waals surface area contributed by atoms with Crippen LogP contribution in [0, 0.1) is 0 Å². The molecule has 0 unspecified atom stereocenters. The highest BCUT2D eigenvalue weighted by molar-refractivity contribution is 7.92. The zero-order chi connectivity index (χ0) is 31.1. The maximum Gasteiger partial charge on any atom is 0.469 e. The molecule has 0 saturated carbocycles. The highest BCUT2D eigenvalue weighted by Gasteiger charge is 2.29. The SMILES string of the molecule is Nc1cc(S(=O)(=O)CCCO)c2ccc3c(S(=O)(=O)CCCO)cc(S(=O)(=O)CCCOP(=O)(O)O)c4ccc1c2c34. The average molecular weight is 664 g/mol. The quantitative estimate of drug-likeness (QED) is 0.0560. The summed E-state index contributed by atoms with van der Waals surface area (Å²) in [6.45, 7) is -1.38. The number of nitrogens with two attached hydrogens (primary N) is 1. The van der Waals surface area contributed by atoms with E-state index < -0.39 is 62.1 Å². The Labute approximate surface area is 242 Å². The lowest BCUT2D eigenvalue weighted by Crippen LogP contribution is -2.14. The molecule has 4 aromatic rings. The Morgan fingerprint density at radius 1 is 0.643 bits per heavy atom. The van der Waals surface area contributed by atoms with E-state index in [-0.39, 0.29) is 78.9 Å². The predicted octanol–water partition coefficient (Wildman–Crippen LogP) is 1.75. The monoisotopic (exact) mass is 663 g/mol. The molecular formula is C25H30NO12PS3. The summed E-state index contributed by atoms with van der Waals surface area (Å²) >= 11 is 0. The smallest absolute Gasteiger partial charge is 0.398 e. The summed E-state index contributed by atoms with van der Waals surface area (Å²) in [6, 6.07) is 8.11. The number of nitrogen functional groups attached to an aromatic ring is 1. The Kier molecular flexibility index (Phi) is 9.24.